The molecule has 240 valence electrons. The Balaban J connectivity index is 1.38. The van der Waals surface area contributed by atoms with Crippen molar-refractivity contribution in [1.82, 2.24) is 19.8 Å². The first kappa shape index (κ1) is 32.6. The number of hydrogen-bond acceptors (Lipinski definition) is 6. The van der Waals surface area contributed by atoms with E-state index in [2.05, 4.69) is 15.6 Å². The minimum Gasteiger partial charge on any atom is -0.374 e. The number of rotatable bonds is 12. The Kier molecular flexibility index (Phi) is 9.99. The van der Waals surface area contributed by atoms with E-state index in [4.69, 9.17) is 10.5 Å². The number of carbonyl (C=O) groups is 3. The third-order valence-corrected chi connectivity index (χ3v) is 8.32. The molecule has 0 spiro atoms. The van der Waals surface area contributed by atoms with E-state index in [0.29, 0.717) is 13.1 Å². The van der Waals surface area contributed by atoms with E-state index in [1.54, 1.807) is 30.9 Å². The Bertz CT molecular complexity index is 1630. The van der Waals surface area contributed by atoms with Crippen LogP contribution in [0.25, 0.3) is 11.1 Å². The molecule has 3 amide bonds. The summed E-state index contributed by atoms with van der Waals surface area (Å²) in [6, 6.07) is 26.5. The van der Waals surface area contributed by atoms with Crippen molar-refractivity contribution in [2.24, 2.45) is 5.73 Å². The summed E-state index contributed by atoms with van der Waals surface area (Å²) in [6.07, 6.45) is 5.11. The van der Waals surface area contributed by atoms with E-state index >= 15 is 0 Å². The van der Waals surface area contributed by atoms with Crippen molar-refractivity contribution in [3.8, 4) is 11.1 Å². The van der Waals surface area contributed by atoms with Gasteiger partial charge in [-0.3, -0.25) is 14.4 Å². The maximum atomic E-state index is 14.1. The molecule has 10 heteroatoms. The zero-order valence-corrected chi connectivity index (χ0v) is 26.6. The highest BCUT2D eigenvalue weighted by Crippen LogP contribution is 2.32. The SMILES string of the molecule is CC(C)(N)C(=O)NC(COCc1ccccc1)C(=O)Nc1cn(C(C)(C(=O)N2CCCC2)c2ccc(-c3ccccc3)cc2)cn1. The highest BCUT2D eigenvalue weighted by molar-refractivity contribution is 5.98. The predicted molar refractivity (Wildman–Crippen MR) is 178 cm³/mol. The number of ether oxygens (including phenoxy) is 1. The minimum atomic E-state index is -1.20. The number of nitrogens with one attached hydrogen (secondary N) is 2. The molecule has 0 bridgehead atoms. The van der Waals surface area contributed by atoms with E-state index in [9.17, 15) is 14.4 Å². The Hall–Kier alpha value is -4.80. The minimum absolute atomic E-state index is 0.0441. The molecule has 0 saturated carbocycles. The molecular formula is C36H42N6O4. The Morgan fingerprint density at radius 3 is 2.13 bits per heavy atom. The molecule has 3 aromatic carbocycles. The van der Waals surface area contributed by atoms with Crippen LogP contribution < -0.4 is 16.4 Å². The van der Waals surface area contributed by atoms with Gasteiger partial charge in [0.25, 0.3) is 11.8 Å². The van der Waals surface area contributed by atoms with Crippen LogP contribution in [0, 0.1) is 0 Å². The van der Waals surface area contributed by atoms with Gasteiger partial charge in [0, 0.05) is 19.3 Å². The molecule has 4 N–H and O–H groups in total. The lowest BCUT2D eigenvalue weighted by Gasteiger charge is -2.34. The zero-order chi connectivity index (χ0) is 32.7. The number of carbonyl (C=O) groups excluding carboxylic acids is 3. The van der Waals surface area contributed by atoms with Crippen molar-refractivity contribution < 1.29 is 19.1 Å². The number of anilines is 1. The van der Waals surface area contributed by atoms with Crippen molar-refractivity contribution in [3.63, 3.8) is 0 Å². The molecule has 0 aliphatic carbocycles. The summed E-state index contributed by atoms with van der Waals surface area (Å²) in [5, 5.41) is 5.50. The van der Waals surface area contributed by atoms with Gasteiger partial charge in [0.1, 0.15) is 11.6 Å². The van der Waals surface area contributed by atoms with E-state index in [1.807, 2.05) is 96.8 Å². The van der Waals surface area contributed by atoms with Gasteiger partial charge in [0.15, 0.2) is 5.82 Å². The third-order valence-electron chi connectivity index (χ3n) is 8.32. The molecule has 5 rings (SSSR count). The van der Waals surface area contributed by atoms with Gasteiger partial charge in [-0.15, -0.1) is 0 Å². The maximum Gasteiger partial charge on any atom is 0.253 e. The lowest BCUT2D eigenvalue weighted by molar-refractivity contribution is -0.137. The van der Waals surface area contributed by atoms with E-state index in [0.717, 1.165) is 35.1 Å². The van der Waals surface area contributed by atoms with Gasteiger partial charge in [0.05, 0.1) is 25.1 Å². The van der Waals surface area contributed by atoms with Gasteiger partial charge in [-0.05, 0) is 55.9 Å². The standard InChI is InChI=1S/C36H42N6O4/c1-35(2,37)33(44)39-30(24-46-23-26-12-6-4-7-13-26)32(43)40-31-22-42(25-38-31)36(3,34(45)41-20-10-11-21-41)29-18-16-28(17-19-29)27-14-8-5-9-15-27/h4-9,12-19,22,25,30H,10-11,20-21,23-24,37H2,1-3H3,(H,39,44)(H,40,43). The number of amides is 3. The van der Waals surface area contributed by atoms with Gasteiger partial charge < -0.3 is 30.6 Å². The Morgan fingerprint density at radius 1 is 0.891 bits per heavy atom. The van der Waals surface area contributed by atoms with Gasteiger partial charge in [-0.25, -0.2) is 4.98 Å². The number of benzene rings is 3. The first-order valence-electron chi connectivity index (χ1n) is 15.6. The first-order chi connectivity index (χ1) is 22.1. The van der Waals surface area contributed by atoms with Gasteiger partial charge in [-0.1, -0.05) is 84.9 Å². The zero-order valence-electron chi connectivity index (χ0n) is 26.6. The van der Waals surface area contributed by atoms with Crippen LogP contribution >= 0.6 is 0 Å². The molecule has 0 radical (unpaired) electrons. The normalized spacial score (nSPS) is 15.2. The van der Waals surface area contributed by atoms with Crippen LogP contribution in [0.4, 0.5) is 5.82 Å². The van der Waals surface area contributed by atoms with Crippen molar-refractivity contribution >= 4 is 23.5 Å². The topological polar surface area (TPSA) is 132 Å². The summed E-state index contributed by atoms with van der Waals surface area (Å²) in [5.41, 5.74) is 7.53. The molecule has 10 nitrogen and oxygen atoms in total. The molecule has 1 fully saturated rings. The largest absolute Gasteiger partial charge is 0.374 e. The first-order valence-corrected chi connectivity index (χ1v) is 15.6. The summed E-state index contributed by atoms with van der Waals surface area (Å²) in [5.74, 6) is -0.821. The molecule has 46 heavy (non-hydrogen) atoms. The Labute approximate surface area is 270 Å². The lowest BCUT2D eigenvalue weighted by atomic mass is 9.88. The number of likely N-dealkylation sites (tertiary alicyclic amines) is 1. The monoisotopic (exact) mass is 622 g/mol. The number of hydrogen-bond donors (Lipinski definition) is 3. The average Bonchev–Trinajstić information content (AvgIpc) is 3.77. The quantitative estimate of drug-likeness (QED) is 0.216. The second kappa shape index (κ2) is 14.1. The van der Waals surface area contributed by atoms with Crippen LogP contribution in [-0.2, 0) is 31.3 Å². The Morgan fingerprint density at radius 2 is 1.50 bits per heavy atom. The fourth-order valence-electron chi connectivity index (χ4n) is 5.47. The second-order valence-corrected chi connectivity index (χ2v) is 12.4. The number of nitrogens with zero attached hydrogens (tertiary/aromatic N) is 3. The van der Waals surface area contributed by atoms with Gasteiger partial charge in [-0.2, -0.15) is 0 Å². The van der Waals surface area contributed by atoms with E-state index in [1.165, 1.54) is 0 Å². The van der Waals surface area contributed by atoms with Crippen molar-refractivity contribution in [1.29, 1.82) is 0 Å². The fraction of sp³-hybridized carbons (Fsp3) is 0.333. The summed E-state index contributed by atoms with van der Waals surface area (Å²) >= 11 is 0. The maximum absolute atomic E-state index is 14.1. The molecule has 1 saturated heterocycles. The van der Waals surface area contributed by atoms with Crippen LogP contribution in [-0.4, -0.2) is 63.4 Å². The lowest BCUT2D eigenvalue weighted by Crippen LogP contribution is -2.56. The van der Waals surface area contributed by atoms with E-state index < -0.39 is 28.9 Å². The molecule has 2 atom stereocenters. The van der Waals surface area contributed by atoms with Crippen LogP contribution in [0.15, 0.2) is 97.5 Å². The smallest absolute Gasteiger partial charge is 0.253 e. The molecule has 2 unspecified atom stereocenters. The molecule has 2 heterocycles. The summed E-state index contributed by atoms with van der Waals surface area (Å²) in [7, 11) is 0. The van der Waals surface area contributed by atoms with Crippen LogP contribution in [0.5, 0.6) is 0 Å². The number of imidazole rings is 1. The van der Waals surface area contributed by atoms with Crippen LogP contribution in [0.1, 0.15) is 44.7 Å². The molecule has 1 aromatic heterocycles. The van der Waals surface area contributed by atoms with Crippen LogP contribution in [0.2, 0.25) is 0 Å². The molecule has 1 aliphatic heterocycles. The highest BCUT2D eigenvalue weighted by atomic mass is 16.5. The predicted octanol–water partition coefficient (Wildman–Crippen LogP) is 4.31. The number of nitrogens with two attached hydrogens (primary N) is 1. The number of aromatic nitrogens is 2. The van der Waals surface area contributed by atoms with Gasteiger partial charge in [0.2, 0.25) is 5.91 Å². The average molecular weight is 623 g/mol. The fourth-order valence-corrected chi connectivity index (χ4v) is 5.47. The van der Waals surface area contributed by atoms with Crippen molar-refractivity contribution in [2.75, 3.05) is 25.0 Å². The van der Waals surface area contributed by atoms with Crippen molar-refractivity contribution in [3.05, 3.63) is 109 Å². The molecule has 1 aliphatic rings. The van der Waals surface area contributed by atoms with Gasteiger partial charge >= 0.3 is 0 Å². The second-order valence-electron chi connectivity index (χ2n) is 12.4. The molecule has 4 aromatic rings. The third kappa shape index (κ3) is 7.52. The summed E-state index contributed by atoms with van der Waals surface area (Å²) in [6.45, 7) is 6.57. The summed E-state index contributed by atoms with van der Waals surface area (Å²) < 4.78 is 7.55. The van der Waals surface area contributed by atoms with Crippen LogP contribution in [0.3, 0.4) is 0 Å². The molecular weight excluding hydrogens is 580 g/mol. The van der Waals surface area contributed by atoms with Crippen molar-refractivity contribution in [2.45, 2.75) is 57.3 Å². The summed E-state index contributed by atoms with van der Waals surface area (Å²) in [4.78, 5) is 46.7. The van der Waals surface area contributed by atoms with E-state index in [-0.39, 0.29) is 24.9 Å². The highest BCUT2D eigenvalue weighted by Gasteiger charge is 2.41.